The van der Waals surface area contributed by atoms with Crippen LogP contribution in [0.3, 0.4) is 0 Å². The van der Waals surface area contributed by atoms with Crippen molar-refractivity contribution in [3.63, 3.8) is 0 Å². The van der Waals surface area contributed by atoms with E-state index in [9.17, 15) is 14.7 Å². The lowest BCUT2D eigenvalue weighted by molar-refractivity contribution is -0.150. The molecule has 108 valence electrons. The van der Waals surface area contributed by atoms with Crippen LogP contribution in [0.5, 0.6) is 0 Å². The smallest absolute Gasteiger partial charge is 0.316 e. The summed E-state index contributed by atoms with van der Waals surface area (Å²) in [6.07, 6.45) is 2.96. The molecule has 1 aliphatic rings. The van der Waals surface area contributed by atoms with Crippen LogP contribution in [0.2, 0.25) is 0 Å². The molecule has 5 nitrogen and oxygen atoms in total. The molecule has 0 spiro atoms. The van der Waals surface area contributed by atoms with Crippen LogP contribution in [-0.4, -0.2) is 36.7 Å². The Morgan fingerprint density at radius 2 is 2.26 bits per heavy atom. The Bertz CT molecular complexity index is 361. The van der Waals surface area contributed by atoms with E-state index < -0.39 is 11.9 Å². The zero-order chi connectivity index (χ0) is 14.4. The first kappa shape index (κ1) is 15.7. The molecule has 0 bridgehead atoms. The summed E-state index contributed by atoms with van der Waals surface area (Å²) < 4.78 is 10.3. The predicted molar refractivity (Wildman–Crippen MR) is 69.7 cm³/mol. The van der Waals surface area contributed by atoms with E-state index in [0.717, 1.165) is 18.9 Å². The van der Waals surface area contributed by atoms with Crippen molar-refractivity contribution in [2.45, 2.75) is 39.2 Å². The second kappa shape index (κ2) is 7.28. The number of ketones is 1. The van der Waals surface area contributed by atoms with E-state index in [1.165, 1.54) is 7.11 Å². The summed E-state index contributed by atoms with van der Waals surface area (Å²) in [4.78, 5) is 23.3. The van der Waals surface area contributed by atoms with Gasteiger partial charge in [-0.05, 0) is 13.3 Å². The first-order chi connectivity index (χ1) is 9.01. The molecule has 0 saturated carbocycles. The molecule has 0 fully saturated rings. The SMILES string of the molecule is CCCCOC(C)C1CC(=O)C=C(O)C1C(=O)OC. The van der Waals surface area contributed by atoms with Gasteiger partial charge in [-0.3, -0.25) is 9.59 Å². The number of rotatable bonds is 6. The number of unbranched alkanes of at least 4 members (excludes halogenated alkanes) is 1. The molecule has 1 aliphatic carbocycles. The summed E-state index contributed by atoms with van der Waals surface area (Å²) in [5, 5.41) is 9.82. The van der Waals surface area contributed by atoms with Gasteiger partial charge in [0.2, 0.25) is 0 Å². The van der Waals surface area contributed by atoms with Gasteiger partial charge in [0, 0.05) is 25.0 Å². The maximum atomic E-state index is 11.7. The third-order valence-electron chi connectivity index (χ3n) is 3.43. The highest BCUT2D eigenvalue weighted by molar-refractivity contribution is 5.93. The Balaban J connectivity index is 2.79. The third-order valence-corrected chi connectivity index (χ3v) is 3.43. The number of esters is 1. The molecule has 5 heteroatoms. The van der Waals surface area contributed by atoms with Crippen molar-refractivity contribution >= 4 is 11.8 Å². The summed E-state index contributed by atoms with van der Waals surface area (Å²) >= 11 is 0. The first-order valence-corrected chi connectivity index (χ1v) is 6.64. The van der Waals surface area contributed by atoms with E-state index in [-0.39, 0.29) is 30.0 Å². The summed E-state index contributed by atoms with van der Waals surface area (Å²) in [7, 11) is 1.27. The lowest BCUT2D eigenvalue weighted by atomic mass is 9.79. The van der Waals surface area contributed by atoms with Gasteiger partial charge < -0.3 is 14.6 Å². The Morgan fingerprint density at radius 1 is 1.58 bits per heavy atom. The number of ether oxygens (including phenoxy) is 2. The van der Waals surface area contributed by atoms with Crippen LogP contribution in [0.25, 0.3) is 0 Å². The Hall–Kier alpha value is -1.36. The Kier molecular flexibility index (Phi) is 6.02. The molecule has 0 saturated heterocycles. The lowest BCUT2D eigenvalue weighted by Crippen LogP contribution is -2.39. The summed E-state index contributed by atoms with van der Waals surface area (Å²) in [6, 6.07) is 0. The zero-order valence-electron chi connectivity index (χ0n) is 11.7. The quantitative estimate of drug-likeness (QED) is 0.590. The Morgan fingerprint density at radius 3 is 2.84 bits per heavy atom. The first-order valence-electron chi connectivity index (χ1n) is 6.64. The van der Waals surface area contributed by atoms with E-state index in [1.54, 1.807) is 0 Å². The van der Waals surface area contributed by atoms with Crippen LogP contribution in [0.4, 0.5) is 0 Å². The van der Waals surface area contributed by atoms with Crippen LogP contribution in [0, 0.1) is 11.8 Å². The molecule has 0 aromatic rings. The van der Waals surface area contributed by atoms with Gasteiger partial charge in [-0.2, -0.15) is 0 Å². The summed E-state index contributed by atoms with van der Waals surface area (Å²) in [5.41, 5.74) is 0. The molecule has 0 aromatic heterocycles. The maximum Gasteiger partial charge on any atom is 0.316 e. The topological polar surface area (TPSA) is 72.8 Å². The largest absolute Gasteiger partial charge is 0.511 e. The van der Waals surface area contributed by atoms with Crippen molar-refractivity contribution in [2.75, 3.05) is 13.7 Å². The van der Waals surface area contributed by atoms with Gasteiger partial charge in [-0.25, -0.2) is 0 Å². The average molecular weight is 270 g/mol. The van der Waals surface area contributed by atoms with E-state index >= 15 is 0 Å². The average Bonchev–Trinajstić information content (AvgIpc) is 2.37. The second-order valence-electron chi connectivity index (χ2n) is 4.83. The molecule has 0 radical (unpaired) electrons. The van der Waals surface area contributed by atoms with E-state index in [4.69, 9.17) is 9.47 Å². The van der Waals surface area contributed by atoms with Gasteiger partial charge in [0.05, 0.1) is 13.2 Å². The van der Waals surface area contributed by atoms with Gasteiger partial charge in [-0.1, -0.05) is 13.3 Å². The molecule has 0 aromatic carbocycles. The van der Waals surface area contributed by atoms with Crippen molar-refractivity contribution < 1.29 is 24.2 Å². The predicted octanol–water partition coefficient (Wildman–Crippen LogP) is 2.01. The lowest BCUT2D eigenvalue weighted by Gasteiger charge is -2.31. The van der Waals surface area contributed by atoms with E-state index in [1.807, 2.05) is 6.92 Å². The standard InChI is InChI=1S/C14H22O5/c1-4-5-6-19-9(2)11-7-10(15)8-12(16)13(11)14(17)18-3/h8-9,11,13,16H,4-7H2,1-3H3. The fourth-order valence-electron chi connectivity index (χ4n) is 2.28. The number of carbonyl (C=O) groups excluding carboxylic acids is 2. The number of hydrogen-bond donors (Lipinski definition) is 1. The molecule has 1 rings (SSSR count). The minimum absolute atomic E-state index is 0.186. The van der Waals surface area contributed by atoms with Crippen LogP contribution >= 0.6 is 0 Å². The fourth-order valence-corrected chi connectivity index (χ4v) is 2.28. The van der Waals surface area contributed by atoms with Crippen molar-refractivity contribution in [3.05, 3.63) is 11.8 Å². The number of aliphatic hydroxyl groups excluding tert-OH is 1. The van der Waals surface area contributed by atoms with Gasteiger partial charge in [0.25, 0.3) is 0 Å². The van der Waals surface area contributed by atoms with E-state index in [0.29, 0.717) is 6.61 Å². The van der Waals surface area contributed by atoms with Gasteiger partial charge >= 0.3 is 5.97 Å². The second-order valence-corrected chi connectivity index (χ2v) is 4.83. The van der Waals surface area contributed by atoms with Crippen molar-refractivity contribution in [1.82, 2.24) is 0 Å². The highest BCUT2D eigenvalue weighted by Gasteiger charge is 2.40. The number of aliphatic hydroxyl groups is 1. The number of hydrogen-bond acceptors (Lipinski definition) is 5. The maximum absolute atomic E-state index is 11.7. The number of methoxy groups -OCH3 is 1. The summed E-state index contributed by atoms with van der Waals surface area (Å²) in [5.74, 6) is -2.12. The molecular formula is C14H22O5. The molecule has 3 atom stereocenters. The molecule has 19 heavy (non-hydrogen) atoms. The zero-order valence-corrected chi connectivity index (χ0v) is 11.7. The van der Waals surface area contributed by atoms with Gasteiger partial charge in [0.15, 0.2) is 5.78 Å². The molecular weight excluding hydrogens is 248 g/mol. The van der Waals surface area contributed by atoms with Crippen LogP contribution < -0.4 is 0 Å². The van der Waals surface area contributed by atoms with Crippen molar-refractivity contribution in [3.8, 4) is 0 Å². The highest BCUT2D eigenvalue weighted by atomic mass is 16.5. The minimum atomic E-state index is -0.806. The normalized spacial score (nSPS) is 24.8. The fraction of sp³-hybridized carbons (Fsp3) is 0.714. The monoisotopic (exact) mass is 270 g/mol. The molecule has 0 heterocycles. The van der Waals surface area contributed by atoms with Crippen LogP contribution in [0.15, 0.2) is 11.8 Å². The molecule has 0 amide bonds. The molecule has 0 aliphatic heterocycles. The third kappa shape index (κ3) is 4.06. The number of allylic oxidation sites excluding steroid dienone is 1. The molecule has 3 unspecified atom stereocenters. The molecule has 1 N–H and O–H groups in total. The minimum Gasteiger partial charge on any atom is -0.511 e. The van der Waals surface area contributed by atoms with Crippen LogP contribution in [0.1, 0.15) is 33.1 Å². The van der Waals surface area contributed by atoms with Crippen molar-refractivity contribution in [2.24, 2.45) is 11.8 Å². The number of carbonyl (C=O) groups is 2. The van der Waals surface area contributed by atoms with Crippen molar-refractivity contribution in [1.29, 1.82) is 0 Å². The van der Waals surface area contributed by atoms with Gasteiger partial charge in [0.1, 0.15) is 11.7 Å². The summed E-state index contributed by atoms with van der Waals surface area (Å²) in [6.45, 7) is 4.47. The van der Waals surface area contributed by atoms with E-state index in [2.05, 4.69) is 6.92 Å². The Labute approximate surface area is 113 Å². The van der Waals surface area contributed by atoms with Gasteiger partial charge in [-0.15, -0.1) is 0 Å². The highest BCUT2D eigenvalue weighted by Crippen LogP contribution is 2.32. The van der Waals surface area contributed by atoms with Crippen LogP contribution in [-0.2, 0) is 19.1 Å².